The lowest BCUT2D eigenvalue weighted by Gasteiger charge is -2.31. The molecular formula is C21H21Cl3N2O3S. The number of benzene rings is 2. The third kappa shape index (κ3) is 4.34. The molecule has 1 aliphatic heterocycles. The van der Waals surface area contributed by atoms with Gasteiger partial charge in [-0.1, -0.05) is 40.9 Å². The number of carbonyl (C=O) groups excluding carboxylic acids is 1. The number of nitrogens with zero attached hydrogens (tertiary/aromatic N) is 1. The van der Waals surface area contributed by atoms with Crippen molar-refractivity contribution in [3.63, 3.8) is 0 Å². The maximum atomic E-state index is 13.0. The van der Waals surface area contributed by atoms with Crippen LogP contribution in [0.1, 0.15) is 36.4 Å². The number of halogens is 3. The van der Waals surface area contributed by atoms with Crippen molar-refractivity contribution in [3.05, 3.63) is 62.6 Å². The summed E-state index contributed by atoms with van der Waals surface area (Å²) in [5.41, 5.74) is 2.29. The third-order valence-corrected chi connectivity index (χ3v) is 8.69. The van der Waals surface area contributed by atoms with Gasteiger partial charge < -0.3 is 5.32 Å². The van der Waals surface area contributed by atoms with Crippen molar-refractivity contribution in [2.45, 2.75) is 36.6 Å². The number of amides is 1. The summed E-state index contributed by atoms with van der Waals surface area (Å²) in [6, 6.07) is 10.1. The number of sulfonamides is 1. The van der Waals surface area contributed by atoms with E-state index in [0.29, 0.717) is 22.9 Å². The predicted octanol–water partition coefficient (Wildman–Crippen LogP) is 4.85. The summed E-state index contributed by atoms with van der Waals surface area (Å²) < 4.78 is 27.3. The molecule has 30 heavy (non-hydrogen) atoms. The number of fused-ring (bicyclic) bond motifs is 1. The number of nitrogens with one attached hydrogen (secondary N) is 1. The van der Waals surface area contributed by atoms with Crippen molar-refractivity contribution < 1.29 is 13.2 Å². The Hall–Kier alpha value is -1.31. The van der Waals surface area contributed by atoms with E-state index in [0.717, 1.165) is 18.4 Å². The van der Waals surface area contributed by atoms with Crippen molar-refractivity contribution in [2.75, 3.05) is 13.1 Å². The summed E-state index contributed by atoms with van der Waals surface area (Å²) in [6.07, 6.45) is 2.66. The van der Waals surface area contributed by atoms with Gasteiger partial charge in [-0.2, -0.15) is 4.31 Å². The molecule has 2 aliphatic rings. The molecule has 2 aromatic carbocycles. The fourth-order valence-electron chi connectivity index (χ4n) is 4.20. The Balaban J connectivity index is 1.39. The largest absolute Gasteiger partial charge is 0.349 e. The molecule has 1 aliphatic carbocycles. The molecule has 1 fully saturated rings. The molecule has 1 heterocycles. The van der Waals surface area contributed by atoms with Crippen molar-refractivity contribution >= 4 is 50.7 Å². The van der Waals surface area contributed by atoms with E-state index in [1.165, 1.54) is 22.0 Å². The first-order valence-electron chi connectivity index (χ1n) is 9.79. The molecule has 0 saturated carbocycles. The molecule has 1 unspecified atom stereocenters. The lowest BCUT2D eigenvalue weighted by molar-refractivity contribution is -0.126. The van der Waals surface area contributed by atoms with Crippen LogP contribution in [0, 0.1) is 5.92 Å². The van der Waals surface area contributed by atoms with Crippen molar-refractivity contribution in [1.82, 2.24) is 9.62 Å². The van der Waals surface area contributed by atoms with Gasteiger partial charge in [-0.3, -0.25) is 4.79 Å². The Morgan fingerprint density at radius 1 is 0.967 bits per heavy atom. The molecule has 5 nitrogen and oxygen atoms in total. The van der Waals surface area contributed by atoms with Crippen LogP contribution in [0.15, 0.2) is 41.3 Å². The van der Waals surface area contributed by atoms with E-state index in [9.17, 15) is 13.2 Å². The molecule has 160 valence electrons. The number of aryl methyl sites for hydroxylation is 1. The molecule has 1 amide bonds. The highest BCUT2D eigenvalue weighted by atomic mass is 35.5. The van der Waals surface area contributed by atoms with Crippen LogP contribution in [0.5, 0.6) is 0 Å². The zero-order valence-electron chi connectivity index (χ0n) is 16.1. The van der Waals surface area contributed by atoms with E-state index in [1.54, 1.807) is 6.07 Å². The third-order valence-electron chi connectivity index (χ3n) is 5.84. The highest BCUT2D eigenvalue weighted by Crippen LogP contribution is 2.34. The Morgan fingerprint density at radius 3 is 2.37 bits per heavy atom. The van der Waals surface area contributed by atoms with Gasteiger partial charge in [0.15, 0.2) is 0 Å². The maximum absolute atomic E-state index is 13.0. The summed E-state index contributed by atoms with van der Waals surface area (Å²) in [6.45, 7) is 0.528. The van der Waals surface area contributed by atoms with Crippen molar-refractivity contribution in [3.8, 4) is 0 Å². The van der Waals surface area contributed by atoms with E-state index in [-0.39, 0.29) is 40.9 Å². The van der Waals surface area contributed by atoms with Gasteiger partial charge in [0.2, 0.25) is 15.9 Å². The quantitative estimate of drug-likeness (QED) is 0.670. The maximum Gasteiger partial charge on any atom is 0.244 e. The molecule has 1 atom stereocenters. The molecule has 0 aromatic heterocycles. The van der Waals surface area contributed by atoms with Gasteiger partial charge in [-0.15, -0.1) is 0 Å². The zero-order chi connectivity index (χ0) is 21.5. The van der Waals surface area contributed by atoms with E-state index in [2.05, 4.69) is 5.32 Å². The number of carbonyl (C=O) groups is 1. The van der Waals surface area contributed by atoms with Gasteiger partial charge >= 0.3 is 0 Å². The van der Waals surface area contributed by atoms with E-state index in [4.69, 9.17) is 34.8 Å². The summed E-state index contributed by atoms with van der Waals surface area (Å²) in [5, 5.41) is 4.29. The van der Waals surface area contributed by atoms with Gasteiger partial charge in [-0.25, -0.2) is 8.42 Å². The van der Waals surface area contributed by atoms with Crippen LogP contribution in [0.25, 0.3) is 0 Å². The van der Waals surface area contributed by atoms with Crippen molar-refractivity contribution in [2.24, 2.45) is 5.92 Å². The van der Waals surface area contributed by atoms with Gasteiger partial charge in [0, 0.05) is 29.1 Å². The number of piperidine rings is 1. The highest BCUT2D eigenvalue weighted by Gasteiger charge is 2.34. The van der Waals surface area contributed by atoms with Crippen LogP contribution in [0.2, 0.25) is 15.1 Å². The second kappa shape index (κ2) is 8.67. The topological polar surface area (TPSA) is 66.5 Å². The number of hydrogen-bond acceptors (Lipinski definition) is 3. The smallest absolute Gasteiger partial charge is 0.244 e. The van der Waals surface area contributed by atoms with Crippen LogP contribution >= 0.6 is 34.8 Å². The Labute approximate surface area is 191 Å². The highest BCUT2D eigenvalue weighted by molar-refractivity contribution is 7.89. The normalized spacial score (nSPS) is 20.2. The molecule has 1 N–H and O–H groups in total. The van der Waals surface area contributed by atoms with Gasteiger partial charge in [0.1, 0.15) is 4.90 Å². The number of hydrogen-bond donors (Lipinski definition) is 1. The predicted molar refractivity (Wildman–Crippen MR) is 119 cm³/mol. The zero-order valence-corrected chi connectivity index (χ0v) is 19.2. The summed E-state index contributed by atoms with van der Waals surface area (Å²) in [5.74, 6) is -0.247. The van der Waals surface area contributed by atoms with Crippen LogP contribution in [-0.4, -0.2) is 31.7 Å². The molecule has 9 heteroatoms. The second-order valence-electron chi connectivity index (χ2n) is 7.70. The van der Waals surface area contributed by atoms with E-state index < -0.39 is 10.0 Å². The monoisotopic (exact) mass is 486 g/mol. The minimum Gasteiger partial charge on any atom is -0.349 e. The SMILES string of the molecule is O=C(NC1CCc2cc(Cl)ccc21)C1CCN(S(=O)(=O)c2cc(Cl)ccc2Cl)CC1. The fraction of sp³-hybridized carbons (Fsp3) is 0.381. The Morgan fingerprint density at radius 2 is 1.63 bits per heavy atom. The van der Waals surface area contributed by atoms with Crippen LogP contribution in [-0.2, 0) is 21.2 Å². The minimum atomic E-state index is -3.76. The fourth-order valence-corrected chi connectivity index (χ4v) is 6.60. The van der Waals surface area contributed by atoms with E-state index >= 15 is 0 Å². The Bertz CT molecular complexity index is 1080. The van der Waals surface area contributed by atoms with Gasteiger partial charge in [0.25, 0.3) is 0 Å². The molecule has 0 radical (unpaired) electrons. The first-order valence-corrected chi connectivity index (χ1v) is 12.4. The standard InChI is InChI=1S/C21H21Cl3N2O3S/c22-15-2-4-17-14(11-15)1-6-19(17)25-21(27)13-7-9-26(10-8-13)30(28,29)20-12-16(23)3-5-18(20)24/h2-5,11-13,19H,1,6-10H2,(H,25,27). The molecule has 2 aromatic rings. The van der Waals surface area contributed by atoms with Gasteiger partial charge in [-0.05, 0) is 67.1 Å². The minimum absolute atomic E-state index is 0.000733. The molecular weight excluding hydrogens is 467 g/mol. The molecule has 1 saturated heterocycles. The molecule has 0 bridgehead atoms. The summed E-state index contributed by atoms with van der Waals surface area (Å²) in [7, 11) is -3.76. The molecule has 4 rings (SSSR count). The molecule has 0 spiro atoms. The number of rotatable bonds is 4. The van der Waals surface area contributed by atoms with Crippen molar-refractivity contribution in [1.29, 1.82) is 0 Å². The average Bonchev–Trinajstić information content (AvgIpc) is 3.11. The van der Waals surface area contributed by atoms with Crippen LogP contribution in [0.4, 0.5) is 0 Å². The summed E-state index contributed by atoms with van der Waals surface area (Å²) >= 11 is 18.1. The lowest BCUT2D eigenvalue weighted by Crippen LogP contribution is -2.43. The Kier molecular flexibility index (Phi) is 6.33. The lowest BCUT2D eigenvalue weighted by atomic mass is 9.96. The van der Waals surface area contributed by atoms with Crippen LogP contribution < -0.4 is 5.32 Å². The first kappa shape index (κ1) is 21.9. The van der Waals surface area contributed by atoms with E-state index in [1.807, 2.05) is 18.2 Å². The van der Waals surface area contributed by atoms with Crippen LogP contribution in [0.3, 0.4) is 0 Å². The first-order chi connectivity index (χ1) is 14.3. The van der Waals surface area contributed by atoms with Gasteiger partial charge in [0.05, 0.1) is 11.1 Å². The second-order valence-corrected chi connectivity index (χ2v) is 10.9. The average molecular weight is 488 g/mol. The summed E-state index contributed by atoms with van der Waals surface area (Å²) in [4.78, 5) is 12.8.